The van der Waals surface area contributed by atoms with Crippen LogP contribution in [0.15, 0.2) is 36.7 Å². The van der Waals surface area contributed by atoms with E-state index in [-0.39, 0.29) is 11.4 Å². The minimum atomic E-state index is -5.04. The van der Waals surface area contributed by atoms with Crippen LogP contribution in [0, 0.1) is 0 Å². The van der Waals surface area contributed by atoms with Gasteiger partial charge in [-0.05, 0) is 40.5 Å². The van der Waals surface area contributed by atoms with Gasteiger partial charge in [-0.2, -0.15) is 13.2 Å². The first-order chi connectivity index (χ1) is 18.3. The van der Waals surface area contributed by atoms with Crippen molar-refractivity contribution in [2.24, 2.45) is 0 Å². The average Bonchev–Trinajstić information content (AvgIpc) is 2.87. The van der Waals surface area contributed by atoms with Crippen LogP contribution in [0.4, 0.5) is 29.6 Å². The first kappa shape index (κ1) is 28.6. The van der Waals surface area contributed by atoms with Gasteiger partial charge in [-0.1, -0.05) is 30.3 Å². The Balaban J connectivity index is 1.66. The minimum absolute atomic E-state index is 0.139. The highest BCUT2D eigenvalue weighted by molar-refractivity contribution is 6.02. The number of carbonyl (C=O) groups excluding carboxylic acids is 2. The second-order valence-electron chi connectivity index (χ2n) is 10.8. The number of halogens is 3. The third kappa shape index (κ3) is 5.39. The highest BCUT2D eigenvalue weighted by atomic mass is 19.4. The number of ether oxygens (including phenoxy) is 2. The zero-order valence-electron chi connectivity index (χ0n) is 22.8. The van der Waals surface area contributed by atoms with Crippen LogP contribution < -0.4 is 9.80 Å². The van der Waals surface area contributed by atoms with Gasteiger partial charge >= 0.3 is 12.3 Å². The topological polar surface area (TPSA) is 88.1 Å². The van der Waals surface area contributed by atoms with Crippen molar-refractivity contribution in [3.8, 4) is 0 Å². The molecule has 212 valence electrons. The SMILES string of the molecule is COC(C(=O)N1c2ncnc(N3CCN(C(=O)OC(C)(C)C)CC3)c2CCC1C)(c1ccccc1)C(F)(F)F. The van der Waals surface area contributed by atoms with E-state index in [2.05, 4.69) is 9.97 Å². The summed E-state index contributed by atoms with van der Waals surface area (Å²) in [5.74, 6) is -0.570. The first-order valence-corrected chi connectivity index (χ1v) is 12.9. The van der Waals surface area contributed by atoms with E-state index in [1.165, 1.54) is 30.6 Å². The highest BCUT2D eigenvalue weighted by Crippen LogP contribution is 2.46. The lowest BCUT2D eigenvalue weighted by molar-refractivity contribution is -0.264. The Labute approximate surface area is 225 Å². The average molecular weight is 550 g/mol. The lowest BCUT2D eigenvalue weighted by Gasteiger charge is -2.43. The van der Waals surface area contributed by atoms with Gasteiger partial charge in [0.2, 0.25) is 0 Å². The molecule has 2 aromatic rings. The van der Waals surface area contributed by atoms with Gasteiger partial charge in [0.05, 0.1) is 0 Å². The predicted molar refractivity (Wildman–Crippen MR) is 139 cm³/mol. The van der Waals surface area contributed by atoms with Gasteiger partial charge in [0.15, 0.2) is 0 Å². The molecule has 0 bridgehead atoms. The number of methoxy groups -OCH3 is 1. The van der Waals surface area contributed by atoms with E-state index in [0.717, 1.165) is 12.0 Å². The predicted octanol–water partition coefficient (Wildman–Crippen LogP) is 4.31. The molecule has 0 saturated carbocycles. The normalized spacial score (nSPS) is 19.8. The molecule has 2 aliphatic heterocycles. The molecular formula is C27H34F3N5O4. The third-order valence-electron chi connectivity index (χ3n) is 7.02. The van der Waals surface area contributed by atoms with Gasteiger partial charge in [-0.3, -0.25) is 9.69 Å². The molecule has 39 heavy (non-hydrogen) atoms. The molecule has 9 nitrogen and oxygen atoms in total. The number of benzene rings is 1. The van der Waals surface area contributed by atoms with Crippen molar-refractivity contribution in [3.05, 3.63) is 47.8 Å². The number of fused-ring (bicyclic) bond motifs is 1. The summed E-state index contributed by atoms with van der Waals surface area (Å²) >= 11 is 0. The Morgan fingerprint density at radius 3 is 2.15 bits per heavy atom. The number of anilines is 2. The number of piperazine rings is 1. The molecule has 2 unspecified atom stereocenters. The summed E-state index contributed by atoms with van der Waals surface area (Å²) < 4.78 is 54.6. The van der Waals surface area contributed by atoms with Gasteiger partial charge < -0.3 is 19.3 Å². The summed E-state index contributed by atoms with van der Waals surface area (Å²) in [6, 6.07) is 6.36. The number of rotatable bonds is 4. The molecule has 1 aromatic heterocycles. The maximum atomic E-state index is 14.7. The molecule has 2 atom stereocenters. The van der Waals surface area contributed by atoms with Crippen LogP contribution in [-0.2, 0) is 26.3 Å². The van der Waals surface area contributed by atoms with Crippen molar-refractivity contribution in [2.45, 2.75) is 64.0 Å². The fraction of sp³-hybridized carbons (Fsp3) is 0.556. The second kappa shape index (κ2) is 10.6. The van der Waals surface area contributed by atoms with E-state index >= 15 is 0 Å². The van der Waals surface area contributed by atoms with E-state index in [0.29, 0.717) is 50.4 Å². The minimum Gasteiger partial charge on any atom is -0.444 e. The van der Waals surface area contributed by atoms with Crippen molar-refractivity contribution in [3.63, 3.8) is 0 Å². The molecular weight excluding hydrogens is 515 g/mol. The van der Waals surface area contributed by atoms with Gasteiger partial charge in [-0.25, -0.2) is 14.8 Å². The number of nitrogens with zero attached hydrogens (tertiary/aromatic N) is 5. The molecule has 0 spiro atoms. The second-order valence-corrected chi connectivity index (χ2v) is 10.8. The van der Waals surface area contributed by atoms with Crippen LogP contribution in [0.5, 0.6) is 0 Å². The summed E-state index contributed by atoms with van der Waals surface area (Å²) in [6.45, 7) is 8.78. The van der Waals surface area contributed by atoms with Crippen molar-refractivity contribution in [1.82, 2.24) is 14.9 Å². The largest absolute Gasteiger partial charge is 0.444 e. The quantitative estimate of drug-likeness (QED) is 0.562. The van der Waals surface area contributed by atoms with Crippen LogP contribution in [-0.4, -0.2) is 78.0 Å². The van der Waals surface area contributed by atoms with E-state index in [9.17, 15) is 22.8 Å². The van der Waals surface area contributed by atoms with E-state index in [1.807, 2.05) is 4.90 Å². The number of amides is 2. The zero-order chi connectivity index (χ0) is 28.6. The Hall–Kier alpha value is -3.41. The van der Waals surface area contributed by atoms with Crippen molar-refractivity contribution >= 4 is 23.6 Å². The Bertz CT molecular complexity index is 1200. The van der Waals surface area contributed by atoms with Gasteiger partial charge in [0.1, 0.15) is 23.6 Å². The molecule has 0 aliphatic carbocycles. The Kier molecular flexibility index (Phi) is 7.79. The maximum absolute atomic E-state index is 14.7. The Morgan fingerprint density at radius 2 is 1.59 bits per heavy atom. The van der Waals surface area contributed by atoms with Gasteiger partial charge in [-0.15, -0.1) is 0 Å². The monoisotopic (exact) mass is 549 g/mol. The van der Waals surface area contributed by atoms with Crippen molar-refractivity contribution in [2.75, 3.05) is 43.1 Å². The molecule has 2 aliphatic rings. The number of hydrogen-bond donors (Lipinski definition) is 0. The third-order valence-corrected chi connectivity index (χ3v) is 7.02. The fourth-order valence-corrected chi connectivity index (χ4v) is 5.08. The first-order valence-electron chi connectivity index (χ1n) is 12.9. The van der Waals surface area contributed by atoms with Crippen LogP contribution >= 0.6 is 0 Å². The van der Waals surface area contributed by atoms with Gasteiger partial charge in [0.25, 0.3) is 11.5 Å². The highest BCUT2D eigenvalue weighted by Gasteiger charge is 2.64. The summed E-state index contributed by atoms with van der Waals surface area (Å²) in [5.41, 5.74) is -3.53. The molecule has 1 saturated heterocycles. The smallest absolute Gasteiger partial charge is 0.430 e. The molecule has 0 radical (unpaired) electrons. The number of aromatic nitrogens is 2. The van der Waals surface area contributed by atoms with E-state index in [4.69, 9.17) is 9.47 Å². The summed E-state index contributed by atoms with van der Waals surface area (Å²) in [7, 11) is 0.892. The Morgan fingerprint density at radius 1 is 0.974 bits per heavy atom. The van der Waals surface area contributed by atoms with Crippen molar-refractivity contribution < 1.29 is 32.2 Å². The van der Waals surface area contributed by atoms with E-state index < -0.39 is 35.4 Å². The molecule has 12 heteroatoms. The van der Waals surface area contributed by atoms with Gasteiger partial charge in [0, 0.05) is 50.5 Å². The van der Waals surface area contributed by atoms with Crippen molar-refractivity contribution in [1.29, 1.82) is 0 Å². The van der Waals surface area contributed by atoms with Crippen LogP contribution in [0.3, 0.4) is 0 Å². The maximum Gasteiger partial charge on any atom is 0.430 e. The van der Waals surface area contributed by atoms with Crippen LogP contribution in [0.25, 0.3) is 0 Å². The lowest BCUT2D eigenvalue weighted by atomic mass is 9.88. The van der Waals surface area contributed by atoms with E-state index in [1.54, 1.807) is 38.7 Å². The summed E-state index contributed by atoms with van der Waals surface area (Å²) in [5, 5.41) is 0. The lowest BCUT2D eigenvalue weighted by Crippen LogP contribution is -2.60. The number of hydrogen-bond acceptors (Lipinski definition) is 7. The molecule has 1 aromatic carbocycles. The molecule has 0 N–H and O–H groups in total. The number of alkyl halides is 3. The zero-order valence-corrected chi connectivity index (χ0v) is 22.8. The number of carbonyl (C=O) groups is 2. The summed E-state index contributed by atoms with van der Waals surface area (Å²) in [4.78, 5) is 39.8. The standard InChI is InChI=1S/C27H34F3N5O4/c1-18-11-12-20-21(33-13-15-34(16-14-33)24(37)39-25(2,3)4)31-17-32-22(20)35(18)23(36)26(38-5,27(28,29)30)19-9-7-6-8-10-19/h6-10,17-18H,11-16H2,1-5H3. The summed E-state index contributed by atoms with van der Waals surface area (Å²) in [6.07, 6.45) is -3.27. The molecule has 1 fully saturated rings. The molecule has 4 rings (SSSR count). The van der Waals surface area contributed by atoms with Crippen LogP contribution in [0.1, 0.15) is 45.2 Å². The fourth-order valence-electron chi connectivity index (χ4n) is 5.08. The van der Waals surface area contributed by atoms with Crippen LogP contribution in [0.2, 0.25) is 0 Å². The molecule has 3 heterocycles. The molecule has 2 amide bonds.